The predicted molar refractivity (Wildman–Crippen MR) is 79.9 cm³/mol. The lowest BCUT2D eigenvalue weighted by Crippen LogP contribution is -2.57. The van der Waals surface area contributed by atoms with Gasteiger partial charge in [-0.1, -0.05) is 12.8 Å². The van der Waals surface area contributed by atoms with E-state index >= 15 is 0 Å². The summed E-state index contributed by atoms with van der Waals surface area (Å²) in [4.78, 5) is 14.6. The van der Waals surface area contributed by atoms with Gasteiger partial charge in [0.05, 0.1) is 5.54 Å². The van der Waals surface area contributed by atoms with Crippen LogP contribution in [0.3, 0.4) is 0 Å². The number of nitrogens with one attached hydrogen (secondary N) is 2. The van der Waals surface area contributed by atoms with Crippen molar-refractivity contribution in [3.63, 3.8) is 0 Å². The lowest BCUT2D eigenvalue weighted by Gasteiger charge is -2.38. The lowest BCUT2D eigenvalue weighted by molar-refractivity contribution is 0.0421. The summed E-state index contributed by atoms with van der Waals surface area (Å²) in [5.41, 5.74) is -0.515. The molecular weight excluding hydrogens is 254 g/mol. The standard InChI is InChI=1S/C15H29N3O2/c1-14(2,3)20-13(19)17-15(6-4-5-7-15)12-18-10-8-16-9-11-18/h16H,4-12H2,1-3H3,(H,17,19). The smallest absolute Gasteiger partial charge is 0.408 e. The maximum atomic E-state index is 12.1. The summed E-state index contributed by atoms with van der Waals surface area (Å²) in [7, 11) is 0. The van der Waals surface area contributed by atoms with Crippen molar-refractivity contribution >= 4 is 6.09 Å². The summed E-state index contributed by atoms with van der Waals surface area (Å²) in [5, 5.41) is 6.54. The first-order valence-electron chi connectivity index (χ1n) is 7.83. The monoisotopic (exact) mass is 283 g/mol. The van der Waals surface area contributed by atoms with Gasteiger partial charge in [0.1, 0.15) is 5.60 Å². The Kier molecular flexibility index (Phi) is 4.91. The topological polar surface area (TPSA) is 53.6 Å². The molecule has 0 unspecified atom stereocenters. The molecule has 0 aromatic carbocycles. The van der Waals surface area contributed by atoms with Crippen LogP contribution in [0.5, 0.6) is 0 Å². The fourth-order valence-corrected chi connectivity index (χ4v) is 3.19. The minimum absolute atomic E-state index is 0.0837. The molecule has 2 rings (SSSR count). The van der Waals surface area contributed by atoms with Gasteiger partial charge < -0.3 is 15.4 Å². The average Bonchev–Trinajstić information content (AvgIpc) is 2.75. The van der Waals surface area contributed by atoms with E-state index in [0.717, 1.165) is 45.6 Å². The summed E-state index contributed by atoms with van der Waals surface area (Å²) in [6.45, 7) is 10.9. The van der Waals surface area contributed by atoms with Crippen molar-refractivity contribution in [2.24, 2.45) is 0 Å². The van der Waals surface area contributed by atoms with Crippen LogP contribution in [0.4, 0.5) is 4.79 Å². The Morgan fingerprint density at radius 3 is 2.40 bits per heavy atom. The van der Waals surface area contributed by atoms with Crippen molar-refractivity contribution < 1.29 is 9.53 Å². The minimum atomic E-state index is -0.432. The van der Waals surface area contributed by atoms with Gasteiger partial charge in [-0.3, -0.25) is 4.90 Å². The second-order valence-electron chi connectivity index (χ2n) is 7.14. The van der Waals surface area contributed by atoms with E-state index in [4.69, 9.17) is 4.74 Å². The van der Waals surface area contributed by atoms with Crippen molar-refractivity contribution in [3.05, 3.63) is 0 Å². The number of hydrogen-bond acceptors (Lipinski definition) is 4. The molecule has 1 aliphatic heterocycles. The highest BCUT2D eigenvalue weighted by Crippen LogP contribution is 2.31. The number of carbonyl (C=O) groups excluding carboxylic acids is 1. The Balaban J connectivity index is 1.92. The summed E-state index contributed by atoms with van der Waals surface area (Å²) in [6, 6.07) is 0. The van der Waals surface area contributed by atoms with E-state index in [2.05, 4.69) is 15.5 Å². The molecule has 1 amide bonds. The SMILES string of the molecule is CC(C)(C)OC(=O)NC1(CN2CCNCC2)CCCC1. The first kappa shape index (κ1) is 15.6. The zero-order valence-electron chi connectivity index (χ0n) is 13.1. The molecule has 5 nitrogen and oxygen atoms in total. The zero-order chi connectivity index (χ0) is 14.6. The van der Waals surface area contributed by atoms with Crippen LogP contribution in [0.15, 0.2) is 0 Å². The summed E-state index contributed by atoms with van der Waals surface area (Å²) in [6.07, 6.45) is 4.25. The number of piperazine rings is 1. The van der Waals surface area contributed by atoms with Gasteiger partial charge in [0, 0.05) is 32.7 Å². The fourth-order valence-electron chi connectivity index (χ4n) is 3.19. The largest absolute Gasteiger partial charge is 0.444 e. The number of nitrogens with zero attached hydrogens (tertiary/aromatic N) is 1. The molecule has 0 radical (unpaired) electrons. The predicted octanol–water partition coefficient (Wildman–Crippen LogP) is 1.73. The molecule has 0 atom stereocenters. The molecule has 1 heterocycles. The second kappa shape index (κ2) is 6.31. The summed E-state index contributed by atoms with van der Waals surface area (Å²) in [5.74, 6) is 0. The van der Waals surface area contributed by atoms with Crippen LogP contribution < -0.4 is 10.6 Å². The van der Waals surface area contributed by atoms with E-state index in [0.29, 0.717) is 0 Å². The van der Waals surface area contributed by atoms with Crippen LogP contribution in [0.1, 0.15) is 46.5 Å². The normalized spacial score (nSPS) is 23.6. The molecule has 0 bridgehead atoms. The third-order valence-electron chi connectivity index (χ3n) is 4.06. The Morgan fingerprint density at radius 2 is 1.85 bits per heavy atom. The van der Waals surface area contributed by atoms with E-state index in [-0.39, 0.29) is 11.6 Å². The van der Waals surface area contributed by atoms with Gasteiger partial charge in [-0.25, -0.2) is 4.79 Å². The number of rotatable bonds is 3. The van der Waals surface area contributed by atoms with E-state index in [1.54, 1.807) is 0 Å². The third kappa shape index (κ3) is 4.63. The van der Waals surface area contributed by atoms with Gasteiger partial charge in [0.25, 0.3) is 0 Å². The Bertz CT molecular complexity index is 327. The van der Waals surface area contributed by atoms with Crippen LogP contribution >= 0.6 is 0 Å². The van der Waals surface area contributed by atoms with Crippen LogP contribution in [-0.2, 0) is 4.74 Å². The molecule has 2 N–H and O–H groups in total. The number of hydrogen-bond donors (Lipinski definition) is 2. The Morgan fingerprint density at radius 1 is 1.25 bits per heavy atom. The quantitative estimate of drug-likeness (QED) is 0.828. The number of ether oxygens (including phenoxy) is 1. The Labute approximate surface area is 122 Å². The number of alkyl carbamates (subject to hydrolysis) is 1. The van der Waals surface area contributed by atoms with Crippen LogP contribution in [0.2, 0.25) is 0 Å². The van der Waals surface area contributed by atoms with Crippen molar-refractivity contribution in [1.29, 1.82) is 0 Å². The molecule has 5 heteroatoms. The third-order valence-corrected chi connectivity index (χ3v) is 4.06. The Hall–Kier alpha value is -0.810. The van der Waals surface area contributed by atoms with Gasteiger partial charge in [-0.2, -0.15) is 0 Å². The highest BCUT2D eigenvalue weighted by atomic mass is 16.6. The van der Waals surface area contributed by atoms with Crippen LogP contribution in [-0.4, -0.2) is 54.9 Å². The molecule has 2 fully saturated rings. The molecule has 1 aliphatic carbocycles. The van der Waals surface area contributed by atoms with E-state index in [9.17, 15) is 4.79 Å². The maximum absolute atomic E-state index is 12.1. The second-order valence-corrected chi connectivity index (χ2v) is 7.14. The van der Waals surface area contributed by atoms with E-state index < -0.39 is 5.60 Å². The molecular formula is C15H29N3O2. The summed E-state index contributed by atoms with van der Waals surface area (Å²) >= 11 is 0. The van der Waals surface area contributed by atoms with E-state index in [1.807, 2.05) is 20.8 Å². The molecule has 1 saturated carbocycles. The fraction of sp³-hybridized carbons (Fsp3) is 0.933. The highest BCUT2D eigenvalue weighted by Gasteiger charge is 2.38. The molecule has 1 saturated heterocycles. The van der Waals surface area contributed by atoms with E-state index in [1.165, 1.54) is 12.8 Å². The van der Waals surface area contributed by atoms with Crippen molar-refractivity contribution in [1.82, 2.24) is 15.5 Å². The molecule has 20 heavy (non-hydrogen) atoms. The van der Waals surface area contributed by atoms with Crippen LogP contribution in [0.25, 0.3) is 0 Å². The maximum Gasteiger partial charge on any atom is 0.408 e. The molecule has 2 aliphatic rings. The molecule has 0 aromatic heterocycles. The molecule has 116 valence electrons. The highest BCUT2D eigenvalue weighted by molar-refractivity contribution is 5.69. The minimum Gasteiger partial charge on any atom is -0.444 e. The van der Waals surface area contributed by atoms with Gasteiger partial charge in [-0.05, 0) is 33.6 Å². The summed E-state index contributed by atoms with van der Waals surface area (Å²) < 4.78 is 5.43. The average molecular weight is 283 g/mol. The van der Waals surface area contributed by atoms with Gasteiger partial charge in [0.2, 0.25) is 0 Å². The van der Waals surface area contributed by atoms with Crippen molar-refractivity contribution in [2.75, 3.05) is 32.7 Å². The van der Waals surface area contributed by atoms with Crippen LogP contribution in [0, 0.1) is 0 Å². The van der Waals surface area contributed by atoms with Gasteiger partial charge >= 0.3 is 6.09 Å². The first-order chi connectivity index (χ1) is 9.39. The van der Waals surface area contributed by atoms with Crippen molar-refractivity contribution in [3.8, 4) is 0 Å². The molecule has 0 spiro atoms. The lowest BCUT2D eigenvalue weighted by atomic mass is 9.96. The molecule has 0 aromatic rings. The first-order valence-corrected chi connectivity index (χ1v) is 7.83. The van der Waals surface area contributed by atoms with Crippen molar-refractivity contribution in [2.45, 2.75) is 57.6 Å². The number of carbonyl (C=O) groups is 1. The van der Waals surface area contributed by atoms with Gasteiger partial charge in [0.15, 0.2) is 0 Å². The van der Waals surface area contributed by atoms with Gasteiger partial charge in [-0.15, -0.1) is 0 Å². The number of amides is 1. The zero-order valence-corrected chi connectivity index (χ0v) is 13.1.